The Hall–Kier alpha value is -3.93. The van der Waals surface area contributed by atoms with Crippen molar-refractivity contribution in [1.29, 1.82) is 0 Å². The number of rotatable bonds is 5. The fourth-order valence-corrected chi connectivity index (χ4v) is 3.77. The molecule has 5 rings (SSSR count). The molecule has 6 nitrogen and oxygen atoms in total. The van der Waals surface area contributed by atoms with Crippen LogP contribution in [0.2, 0.25) is 0 Å². The van der Waals surface area contributed by atoms with E-state index < -0.39 is 0 Å². The predicted octanol–water partition coefficient (Wildman–Crippen LogP) is 4.77. The molecule has 3 aromatic carbocycles. The summed E-state index contributed by atoms with van der Waals surface area (Å²) in [5.41, 5.74) is 6.56. The first-order valence-electron chi connectivity index (χ1n) is 10.3. The molecule has 0 aliphatic heterocycles. The van der Waals surface area contributed by atoms with Crippen molar-refractivity contribution in [3.8, 4) is 0 Å². The second-order valence-corrected chi connectivity index (χ2v) is 7.87. The monoisotopic (exact) mass is 409 g/mol. The van der Waals surface area contributed by atoms with Gasteiger partial charge in [-0.25, -0.2) is 9.97 Å². The maximum absolute atomic E-state index is 13.1. The second-order valence-electron chi connectivity index (χ2n) is 7.87. The number of fused-ring (bicyclic) bond motifs is 2. The van der Waals surface area contributed by atoms with Gasteiger partial charge < -0.3 is 15.3 Å². The molecule has 0 bridgehead atoms. The van der Waals surface area contributed by atoms with Gasteiger partial charge in [0.25, 0.3) is 5.91 Å². The van der Waals surface area contributed by atoms with Gasteiger partial charge in [0.2, 0.25) is 0 Å². The highest BCUT2D eigenvalue weighted by atomic mass is 16.1. The molecule has 2 heterocycles. The Balaban J connectivity index is 1.49. The lowest BCUT2D eigenvalue weighted by Crippen LogP contribution is -2.31. The zero-order valence-corrected chi connectivity index (χ0v) is 17.4. The van der Waals surface area contributed by atoms with Crippen LogP contribution in [0.4, 0.5) is 0 Å². The van der Waals surface area contributed by atoms with Gasteiger partial charge in [-0.3, -0.25) is 4.79 Å². The molecule has 2 aromatic heterocycles. The number of carbonyl (C=O) groups excluding carboxylic acids is 1. The number of benzene rings is 3. The minimum absolute atomic E-state index is 0.135. The molecule has 0 spiro atoms. The lowest BCUT2D eigenvalue weighted by atomic mass is 10.1. The summed E-state index contributed by atoms with van der Waals surface area (Å²) in [4.78, 5) is 29.2. The van der Waals surface area contributed by atoms with Crippen LogP contribution >= 0.6 is 0 Å². The van der Waals surface area contributed by atoms with E-state index in [0.29, 0.717) is 17.8 Å². The Morgan fingerprint density at radius 3 is 2.23 bits per heavy atom. The summed E-state index contributed by atoms with van der Waals surface area (Å²) in [5.74, 6) is 1.37. The van der Waals surface area contributed by atoms with Gasteiger partial charge in [-0.15, -0.1) is 0 Å². The van der Waals surface area contributed by atoms with Crippen LogP contribution in [0.3, 0.4) is 0 Å². The number of nitrogens with zero attached hydrogens (tertiary/aromatic N) is 2. The van der Waals surface area contributed by atoms with Crippen LogP contribution in [0.5, 0.6) is 0 Å². The Kier molecular flexibility index (Phi) is 4.75. The van der Waals surface area contributed by atoms with E-state index in [9.17, 15) is 4.79 Å². The molecule has 1 unspecified atom stereocenters. The van der Waals surface area contributed by atoms with Crippen molar-refractivity contribution >= 4 is 28.0 Å². The fourth-order valence-electron chi connectivity index (χ4n) is 3.77. The summed E-state index contributed by atoms with van der Waals surface area (Å²) in [6.07, 6.45) is 0.491. The van der Waals surface area contributed by atoms with Crippen LogP contribution in [0.25, 0.3) is 22.1 Å². The third kappa shape index (κ3) is 3.80. The number of amides is 1. The number of aryl methyl sites for hydroxylation is 2. The van der Waals surface area contributed by atoms with E-state index >= 15 is 0 Å². The molecule has 0 saturated heterocycles. The first kappa shape index (κ1) is 19.1. The van der Waals surface area contributed by atoms with Gasteiger partial charge in [-0.1, -0.05) is 30.3 Å². The van der Waals surface area contributed by atoms with E-state index in [1.807, 2.05) is 80.6 Å². The van der Waals surface area contributed by atoms with Crippen LogP contribution in [-0.4, -0.2) is 25.8 Å². The fraction of sp³-hybridized carbons (Fsp3) is 0.160. The number of aromatic amines is 2. The first-order valence-corrected chi connectivity index (χ1v) is 10.3. The minimum Gasteiger partial charge on any atom is -0.342 e. The molecule has 3 N–H and O–H groups in total. The maximum Gasteiger partial charge on any atom is 0.251 e. The van der Waals surface area contributed by atoms with Gasteiger partial charge in [0.15, 0.2) is 0 Å². The zero-order chi connectivity index (χ0) is 21.4. The number of carbonyl (C=O) groups is 1. The number of hydrogen-bond donors (Lipinski definition) is 3. The number of imidazole rings is 2. The Morgan fingerprint density at radius 2 is 1.55 bits per heavy atom. The highest BCUT2D eigenvalue weighted by Crippen LogP contribution is 2.21. The van der Waals surface area contributed by atoms with Crippen LogP contribution in [0.1, 0.15) is 39.2 Å². The maximum atomic E-state index is 13.1. The predicted molar refractivity (Wildman–Crippen MR) is 122 cm³/mol. The van der Waals surface area contributed by atoms with Gasteiger partial charge in [-0.2, -0.15) is 0 Å². The number of para-hydroxylation sites is 4. The average Bonchev–Trinajstić information content (AvgIpc) is 3.38. The molecule has 154 valence electrons. The van der Waals surface area contributed by atoms with Crippen molar-refractivity contribution in [2.24, 2.45) is 0 Å². The Morgan fingerprint density at radius 1 is 0.871 bits per heavy atom. The van der Waals surface area contributed by atoms with E-state index in [1.165, 1.54) is 0 Å². The average molecular weight is 409 g/mol. The van der Waals surface area contributed by atoms with Crippen LogP contribution < -0.4 is 5.32 Å². The molecule has 0 aliphatic carbocycles. The minimum atomic E-state index is -0.359. The van der Waals surface area contributed by atoms with Crippen LogP contribution in [0.15, 0.2) is 66.7 Å². The highest BCUT2D eigenvalue weighted by Gasteiger charge is 2.21. The summed E-state index contributed by atoms with van der Waals surface area (Å²) in [5, 5.41) is 3.16. The lowest BCUT2D eigenvalue weighted by Gasteiger charge is -2.16. The van der Waals surface area contributed by atoms with Crippen LogP contribution in [0, 0.1) is 13.8 Å². The molecule has 6 heteroatoms. The van der Waals surface area contributed by atoms with Gasteiger partial charge in [0.05, 0.1) is 28.1 Å². The first-order chi connectivity index (χ1) is 15.1. The summed E-state index contributed by atoms with van der Waals surface area (Å²) in [6, 6.07) is 21.1. The molecule has 5 aromatic rings. The normalized spacial score (nSPS) is 12.3. The number of nitrogens with one attached hydrogen (secondary N) is 3. The zero-order valence-electron chi connectivity index (χ0n) is 17.4. The molecular weight excluding hydrogens is 386 g/mol. The SMILES string of the molecule is Cc1ccc(C(=O)NC(Cc2nc3ccccc3[nH]2)c2nc3ccccc3[nH]2)cc1C. The van der Waals surface area contributed by atoms with Gasteiger partial charge in [0, 0.05) is 12.0 Å². The van der Waals surface area contributed by atoms with E-state index in [4.69, 9.17) is 4.98 Å². The van der Waals surface area contributed by atoms with Crippen molar-refractivity contribution in [2.75, 3.05) is 0 Å². The van der Waals surface area contributed by atoms with Crippen molar-refractivity contribution in [3.63, 3.8) is 0 Å². The Bertz CT molecular complexity index is 1330. The van der Waals surface area contributed by atoms with E-state index in [-0.39, 0.29) is 11.9 Å². The smallest absolute Gasteiger partial charge is 0.251 e. The summed E-state index contributed by atoms with van der Waals surface area (Å²) >= 11 is 0. The third-order valence-electron chi connectivity index (χ3n) is 5.65. The third-order valence-corrected chi connectivity index (χ3v) is 5.65. The summed E-state index contributed by atoms with van der Waals surface area (Å²) < 4.78 is 0. The lowest BCUT2D eigenvalue weighted by molar-refractivity contribution is 0.0934. The number of H-pyrrole nitrogens is 2. The molecule has 31 heavy (non-hydrogen) atoms. The van der Waals surface area contributed by atoms with Crippen molar-refractivity contribution in [3.05, 3.63) is 95.1 Å². The standard InChI is InChI=1S/C25H23N5O/c1-15-11-12-17(13-16(15)2)25(31)30-22(24-28-20-9-5-6-10-21(20)29-24)14-23-26-18-7-3-4-8-19(18)27-23/h3-13,22H,14H2,1-2H3,(H,26,27)(H,28,29)(H,30,31). The Labute approximate surface area is 179 Å². The van der Waals surface area contributed by atoms with Gasteiger partial charge in [-0.05, 0) is 61.4 Å². The molecule has 1 amide bonds. The molecule has 0 fully saturated rings. The van der Waals surface area contributed by atoms with Crippen LogP contribution in [-0.2, 0) is 6.42 Å². The van der Waals surface area contributed by atoms with Crippen molar-refractivity contribution in [1.82, 2.24) is 25.3 Å². The quantitative estimate of drug-likeness (QED) is 0.391. The largest absolute Gasteiger partial charge is 0.342 e. The van der Waals surface area contributed by atoms with Gasteiger partial charge >= 0.3 is 0 Å². The van der Waals surface area contributed by atoms with Crippen molar-refractivity contribution in [2.45, 2.75) is 26.3 Å². The summed E-state index contributed by atoms with van der Waals surface area (Å²) in [6.45, 7) is 4.05. The molecular formula is C25H23N5O. The number of hydrogen-bond acceptors (Lipinski definition) is 3. The number of aromatic nitrogens is 4. The molecule has 0 aliphatic rings. The summed E-state index contributed by atoms with van der Waals surface area (Å²) in [7, 11) is 0. The molecule has 0 saturated carbocycles. The second kappa shape index (κ2) is 7.72. The van der Waals surface area contributed by atoms with E-state index in [1.54, 1.807) is 0 Å². The van der Waals surface area contributed by atoms with E-state index in [2.05, 4.69) is 20.3 Å². The highest BCUT2D eigenvalue weighted by molar-refractivity contribution is 5.94. The van der Waals surface area contributed by atoms with Gasteiger partial charge in [0.1, 0.15) is 11.6 Å². The molecule has 0 radical (unpaired) electrons. The topological polar surface area (TPSA) is 86.5 Å². The van der Waals surface area contributed by atoms with Crippen molar-refractivity contribution < 1.29 is 4.79 Å². The molecule has 1 atom stereocenters. The van der Waals surface area contributed by atoms with E-state index in [0.717, 1.165) is 39.0 Å².